The Balaban J connectivity index is 2.15. The lowest BCUT2D eigenvalue weighted by molar-refractivity contribution is -0.123. The summed E-state index contributed by atoms with van der Waals surface area (Å²) >= 11 is 6.82. The molecular formula is C14H21N3O2S2. The number of benzene rings is 1. The van der Waals surface area contributed by atoms with Crippen molar-refractivity contribution >= 4 is 35.0 Å². The minimum Gasteiger partial charge on any atom is -0.484 e. The Hall–Kier alpha value is -1.47. The van der Waals surface area contributed by atoms with E-state index in [0.717, 1.165) is 24.3 Å². The van der Waals surface area contributed by atoms with Crippen LogP contribution in [-0.4, -0.2) is 36.2 Å². The zero-order valence-electron chi connectivity index (χ0n) is 12.3. The predicted octanol–water partition coefficient (Wildman–Crippen LogP) is 1.62. The summed E-state index contributed by atoms with van der Waals surface area (Å²) in [4.78, 5) is 11.6. The molecular weight excluding hydrogens is 306 g/mol. The van der Waals surface area contributed by atoms with Gasteiger partial charge in [0, 0.05) is 6.54 Å². The first-order chi connectivity index (χ1) is 10.1. The fourth-order valence-electron chi connectivity index (χ4n) is 1.48. The summed E-state index contributed by atoms with van der Waals surface area (Å²) < 4.78 is 5.38. The first-order valence-corrected chi connectivity index (χ1v) is 8.43. The van der Waals surface area contributed by atoms with Crippen molar-refractivity contribution in [3.8, 4) is 5.75 Å². The third-order valence-electron chi connectivity index (χ3n) is 2.49. The Morgan fingerprint density at radius 1 is 1.38 bits per heavy atom. The van der Waals surface area contributed by atoms with E-state index >= 15 is 0 Å². The topological polar surface area (TPSA) is 62.4 Å². The van der Waals surface area contributed by atoms with Crippen LogP contribution in [0.3, 0.4) is 0 Å². The van der Waals surface area contributed by atoms with Crippen molar-refractivity contribution in [1.82, 2.24) is 16.2 Å². The fourth-order valence-corrected chi connectivity index (χ4v) is 2.07. The van der Waals surface area contributed by atoms with Gasteiger partial charge in [-0.1, -0.05) is 12.1 Å². The van der Waals surface area contributed by atoms with Crippen LogP contribution in [0.1, 0.15) is 12.0 Å². The highest BCUT2D eigenvalue weighted by atomic mass is 32.2. The molecule has 0 aliphatic heterocycles. The van der Waals surface area contributed by atoms with Crippen molar-refractivity contribution < 1.29 is 9.53 Å². The number of carbonyl (C=O) groups excluding carboxylic acids is 1. The zero-order valence-corrected chi connectivity index (χ0v) is 13.9. The molecule has 1 aromatic carbocycles. The van der Waals surface area contributed by atoms with Crippen LogP contribution in [0.15, 0.2) is 24.3 Å². The van der Waals surface area contributed by atoms with Crippen molar-refractivity contribution in [3.05, 3.63) is 29.8 Å². The van der Waals surface area contributed by atoms with Crippen molar-refractivity contribution in [2.45, 2.75) is 13.3 Å². The molecule has 21 heavy (non-hydrogen) atoms. The van der Waals surface area contributed by atoms with Gasteiger partial charge in [0.25, 0.3) is 5.91 Å². The molecule has 0 saturated carbocycles. The molecule has 3 N–H and O–H groups in total. The number of hydrazine groups is 1. The van der Waals surface area contributed by atoms with E-state index in [1.54, 1.807) is 11.8 Å². The second-order valence-corrected chi connectivity index (χ2v) is 5.77. The third kappa shape index (κ3) is 8.41. The van der Waals surface area contributed by atoms with Crippen LogP contribution < -0.4 is 20.9 Å². The SMILES string of the molecule is CSCCCNC(=S)NNC(=O)COc1cccc(C)c1. The number of rotatable bonds is 7. The number of carbonyl (C=O) groups is 1. The summed E-state index contributed by atoms with van der Waals surface area (Å²) in [6.45, 7) is 2.68. The Labute approximate surface area is 135 Å². The minimum absolute atomic E-state index is 0.0639. The van der Waals surface area contributed by atoms with Gasteiger partial charge in [-0.15, -0.1) is 0 Å². The summed E-state index contributed by atoms with van der Waals surface area (Å²) in [5, 5.41) is 3.41. The normalized spacial score (nSPS) is 9.81. The number of ether oxygens (including phenoxy) is 1. The van der Waals surface area contributed by atoms with Crippen LogP contribution in [0.4, 0.5) is 0 Å². The molecule has 7 heteroatoms. The van der Waals surface area contributed by atoms with Gasteiger partial charge in [-0.3, -0.25) is 15.6 Å². The van der Waals surface area contributed by atoms with E-state index < -0.39 is 0 Å². The maximum absolute atomic E-state index is 11.6. The molecule has 0 bridgehead atoms. The van der Waals surface area contributed by atoms with Gasteiger partial charge >= 0.3 is 0 Å². The van der Waals surface area contributed by atoms with Gasteiger partial charge in [0.2, 0.25) is 0 Å². The van der Waals surface area contributed by atoms with Crippen LogP contribution in [0, 0.1) is 6.92 Å². The summed E-state index contributed by atoms with van der Waals surface area (Å²) in [5.41, 5.74) is 6.21. The Bertz CT molecular complexity index is 469. The van der Waals surface area contributed by atoms with Gasteiger partial charge in [0.1, 0.15) is 5.75 Å². The van der Waals surface area contributed by atoms with E-state index in [1.807, 2.05) is 31.2 Å². The number of thiocarbonyl (C=S) groups is 1. The predicted molar refractivity (Wildman–Crippen MR) is 91.6 cm³/mol. The molecule has 116 valence electrons. The molecule has 0 unspecified atom stereocenters. The average Bonchev–Trinajstić information content (AvgIpc) is 2.47. The first-order valence-electron chi connectivity index (χ1n) is 6.63. The zero-order chi connectivity index (χ0) is 15.5. The lowest BCUT2D eigenvalue weighted by Gasteiger charge is -2.12. The molecule has 1 aromatic rings. The maximum atomic E-state index is 11.6. The van der Waals surface area contributed by atoms with E-state index in [4.69, 9.17) is 17.0 Å². The van der Waals surface area contributed by atoms with Crippen molar-refractivity contribution in [2.75, 3.05) is 25.2 Å². The highest BCUT2D eigenvalue weighted by Crippen LogP contribution is 2.11. The monoisotopic (exact) mass is 327 g/mol. The first kappa shape index (κ1) is 17.6. The van der Waals surface area contributed by atoms with Crippen LogP contribution in [0.2, 0.25) is 0 Å². The molecule has 0 aromatic heterocycles. The van der Waals surface area contributed by atoms with E-state index in [-0.39, 0.29) is 12.5 Å². The minimum atomic E-state index is -0.287. The summed E-state index contributed by atoms with van der Waals surface area (Å²) in [6.07, 6.45) is 3.08. The molecule has 1 rings (SSSR count). The molecule has 0 aliphatic rings. The van der Waals surface area contributed by atoms with Crippen molar-refractivity contribution in [2.24, 2.45) is 0 Å². The number of hydrogen-bond donors (Lipinski definition) is 3. The second kappa shape index (κ2) is 10.3. The summed E-state index contributed by atoms with van der Waals surface area (Å²) in [5.74, 6) is 1.46. The molecule has 1 amide bonds. The Kier molecular flexibility index (Phi) is 8.61. The lowest BCUT2D eigenvalue weighted by atomic mass is 10.2. The van der Waals surface area contributed by atoms with E-state index in [2.05, 4.69) is 22.4 Å². The smallest absolute Gasteiger partial charge is 0.276 e. The molecule has 0 aliphatic carbocycles. The molecule has 0 heterocycles. The van der Waals surface area contributed by atoms with Gasteiger partial charge < -0.3 is 10.1 Å². The van der Waals surface area contributed by atoms with Gasteiger partial charge in [-0.2, -0.15) is 11.8 Å². The maximum Gasteiger partial charge on any atom is 0.276 e. The van der Waals surface area contributed by atoms with Crippen LogP contribution in [0.5, 0.6) is 5.75 Å². The number of amides is 1. The van der Waals surface area contributed by atoms with E-state index in [1.165, 1.54) is 0 Å². The average molecular weight is 327 g/mol. The Morgan fingerprint density at radius 3 is 2.90 bits per heavy atom. The lowest BCUT2D eigenvalue weighted by Crippen LogP contribution is -2.48. The summed E-state index contributed by atoms with van der Waals surface area (Å²) in [6, 6.07) is 7.54. The standard InChI is InChI=1S/C14H21N3O2S2/c1-11-5-3-6-12(9-11)19-10-13(18)16-17-14(20)15-7-4-8-21-2/h3,5-6,9H,4,7-8,10H2,1-2H3,(H,16,18)(H2,15,17,20). The summed E-state index contributed by atoms with van der Waals surface area (Å²) in [7, 11) is 0. The Morgan fingerprint density at radius 2 is 2.19 bits per heavy atom. The van der Waals surface area contributed by atoms with Crippen LogP contribution in [-0.2, 0) is 4.79 Å². The van der Waals surface area contributed by atoms with Crippen LogP contribution in [0.25, 0.3) is 0 Å². The molecule has 5 nitrogen and oxygen atoms in total. The van der Waals surface area contributed by atoms with Gasteiger partial charge in [-0.05, 0) is 55.3 Å². The highest BCUT2D eigenvalue weighted by molar-refractivity contribution is 7.98. The van der Waals surface area contributed by atoms with Gasteiger partial charge in [0.05, 0.1) is 0 Å². The molecule has 0 saturated heterocycles. The van der Waals surface area contributed by atoms with E-state index in [9.17, 15) is 4.79 Å². The molecule has 0 radical (unpaired) electrons. The van der Waals surface area contributed by atoms with Crippen molar-refractivity contribution in [3.63, 3.8) is 0 Å². The number of hydrogen-bond acceptors (Lipinski definition) is 4. The van der Waals surface area contributed by atoms with Gasteiger partial charge in [0.15, 0.2) is 11.7 Å². The van der Waals surface area contributed by atoms with Crippen molar-refractivity contribution in [1.29, 1.82) is 0 Å². The molecule has 0 atom stereocenters. The highest BCUT2D eigenvalue weighted by Gasteiger charge is 2.03. The second-order valence-electron chi connectivity index (χ2n) is 4.38. The third-order valence-corrected chi connectivity index (χ3v) is 3.43. The van der Waals surface area contributed by atoms with E-state index in [0.29, 0.717) is 10.9 Å². The molecule has 0 fully saturated rings. The number of aryl methyl sites for hydroxylation is 1. The fraction of sp³-hybridized carbons (Fsp3) is 0.429. The quantitative estimate of drug-likeness (QED) is 0.402. The molecule has 0 spiro atoms. The van der Waals surface area contributed by atoms with Gasteiger partial charge in [-0.25, -0.2) is 0 Å². The largest absolute Gasteiger partial charge is 0.484 e. The number of nitrogens with one attached hydrogen (secondary N) is 3. The van der Waals surface area contributed by atoms with Crippen LogP contribution >= 0.6 is 24.0 Å². The number of thioether (sulfide) groups is 1.